The number of halogens is 1. The van der Waals surface area contributed by atoms with E-state index in [1.54, 1.807) is 12.3 Å². The van der Waals surface area contributed by atoms with E-state index < -0.39 is 0 Å². The molecule has 1 aromatic carbocycles. The smallest absolute Gasteiger partial charge is 0.165 e. The standard InChI is InChI=1S/C16H19FN2O/c1-11-8-13(6-7-19-11)15(18-2)10-12-4-5-16(20-3)14(17)9-12/h4-9,15,18H,10H2,1-3H3. The number of rotatable bonds is 5. The zero-order valence-electron chi connectivity index (χ0n) is 12.0. The lowest BCUT2D eigenvalue weighted by atomic mass is 9.99. The van der Waals surface area contributed by atoms with Gasteiger partial charge in [0, 0.05) is 17.9 Å². The minimum Gasteiger partial charge on any atom is -0.494 e. The molecule has 3 nitrogen and oxygen atoms in total. The summed E-state index contributed by atoms with van der Waals surface area (Å²) in [6.45, 7) is 1.96. The molecular formula is C16H19FN2O. The molecule has 0 fully saturated rings. The first kappa shape index (κ1) is 14.5. The van der Waals surface area contributed by atoms with Gasteiger partial charge < -0.3 is 10.1 Å². The topological polar surface area (TPSA) is 34.1 Å². The van der Waals surface area contributed by atoms with E-state index in [0.29, 0.717) is 6.42 Å². The number of nitrogens with zero attached hydrogens (tertiary/aromatic N) is 1. The third-order valence-corrected chi connectivity index (χ3v) is 3.33. The Morgan fingerprint density at radius 2 is 2.10 bits per heavy atom. The largest absolute Gasteiger partial charge is 0.494 e. The van der Waals surface area contributed by atoms with Gasteiger partial charge in [-0.05, 0) is 55.8 Å². The molecule has 0 saturated heterocycles. The second-order valence-corrected chi connectivity index (χ2v) is 4.74. The highest BCUT2D eigenvalue weighted by Gasteiger charge is 2.12. The Balaban J connectivity index is 2.20. The fourth-order valence-electron chi connectivity index (χ4n) is 2.24. The molecular weight excluding hydrogens is 255 g/mol. The number of hydrogen-bond donors (Lipinski definition) is 1. The molecule has 0 saturated carbocycles. The highest BCUT2D eigenvalue weighted by molar-refractivity contribution is 5.31. The molecule has 1 heterocycles. The number of ether oxygens (including phenoxy) is 1. The van der Waals surface area contributed by atoms with Crippen molar-refractivity contribution in [2.24, 2.45) is 0 Å². The van der Waals surface area contributed by atoms with Crippen LogP contribution in [0.1, 0.15) is 22.9 Å². The van der Waals surface area contributed by atoms with Gasteiger partial charge in [0.1, 0.15) is 0 Å². The Hall–Kier alpha value is -1.94. The minimum absolute atomic E-state index is 0.129. The van der Waals surface area contributed by atoms with Crippen molar-refractivity contribution < 1.29 is 9.13 Å². The maximum atomic E-state index is 13.7. The molecule has 1 N–H and O–H groups in total. The third kappa shape index (κ3) is 3.33. The average molecular weight is 274 g/mol. The molecule has 0 bridgehead atoms. The summed E-state index contributed by atoms with van der Waals surface area (Å²) in [5.41, 5.74) is 3.05. The molecule has 0 aliphatic carbocycles. The summed E-state index contributed by atoms with van der Waals surface area (Å²) in [5, 5.41) is 3.26. The van der Waals surface area contributed by atoms with Crippen LogP contribution in [0.5, 0.6) is 5.75 Å². The zero-order valence-corrected chi connectivity index (χ0v) is 12.0. The van der Waals surface area contributed by atoms with Gasteiger partial charge >= 0.3 is 0 Å². The molecule has 106 valence electrons. The second-order valence-electron chi connectivity index (χ2n) is 4.74. The average Bonchev–Trinajstić information content (AvgIpc) is 2.45. The quantitative estimate of drug-likeness (QED) is 0.910. The van der Waals surface area contributed by atoms with Gasteiger partial charge in [0.25, 0.3) is 0 Å². The van der Waals surface area contributed by atoms with E-state index in [9.17, 15) is 4.39 Å². The molecule has 20 heavy (non-hydrogen) atoms. The minimum atomic E-state index is -0.328. The van der Waals surface area contributed by atoms with Crippen LogP contribution in [0.4, 0.5) is 4.39 Å². The van der Waals surface area contributed by atoms with Gasteiger partial charge in [0.05, 0.1) is 7.11 Å². The maximum Gasteiger partial charge on any atom is 0.165 e. The van der Waals surface area contributed by atoms with Crippen LogP contribution in [0.15, 0.2) is 36.5 Å². The van der Waals surface area contributed by atoms with Crippen LogP contribution in [-0.2, 0) is 6.42 Å². The molecule has 1 aromatic heterocycles. The van der Waals surface area contributed by atoms with Crippen molar-refractivity contribution in [1.82, 2.24) is 10.3 Å². The van der Waals surface area contributed by atoms with Gasteiger partial charge in [-0.1, -0.05) is 6.07 Å². The summed E-state index contributed by atoms with van der Waals surface area (Å²) < 4.78 is 18.6. The first-order valence-electron chi connectivity index (χ1n) is 6.56. The lowest BCUT2D eigenvalue weighted by Crippen LogP contribution is -2.19. The highest BCUT2D eigenvalue weighted by Crippen LogP contribution is 2.22. The van der Waals surface area contributed by atoms with Crippen LogP contribution < -0.4 is 10.1 Å². The Morgan fingerprint density at radius 3 is 2.70 bits per heavy atom. The van der Waals surface area contributed by atoms with E-state index >= 15 is 0 Å². The number of methoxy groups -OCH3 is 1. The van der Waals surface area contributed by atoms with Crippen molar-refractivity contribution in [3.05, 3.63) is 59.2 Å². The monoisotopic (exact) mass is 274 g/mol. The van der Waals surface area contributed by atoms with Crippen molar-refractivity contribution in [2.45, 2.75) is 19.4 Å². The van der Waals surface area contributed by atoms with E-state index in [1.807, 2.05) is 32.2 Å². The molecule has 0 aliphatic heterocycles. The summed E-state index contributed by atoms with van der Waals surface area (Å²) in [4.78, 5) is 4.20. The first-order valence-corrected chi connectivity index (χ1v) is 6.56. The summed E-state index contributed by atoms with van der Waals surface area (Å²) in [6.07, 6.45) is 2.50. The van der Waals surface area contributed by atoms with E-state index in [0.717, 1.165) is 16.8 Å². The molecule has 4 heteroatoms. The van der Waals surface area contributed by atoms with Crippen molar-refractivity contribution in [3.8, 4) is 5.75 Å². The lowest BCUT2D eigenvalue weighted by Gasteiger charge is -2.17. The molecule has 2 rings (SSSR count). The molecule has 0 spiro atoms. The summed E-state index contributed by atoms with van der Waals surface area (Å²) in [6, 6.07) is 9.23. The van der Waals surface area contributed by atoms with Crippen LogP contribution in [0.25, 0.3) is 0 Å². The fourth-order valence-corrected chi connectivity index (χ4v) is 2.24. The van der Waals surface area contributed by atoms with E-state index in [4.69, 9.17) is 4.74 Å². The second kappa shape index (κ2) is 6.48. The fraction of sp³-hybridized carbons (Fsp3) is 0.312. The number of nitrogens with one attached hydrogen (secondary N) is 1. The molecule has 0 aliphatic rings. The summed E-state index contributed by atoms with van der Waals surface area (Å²) in [7, 11) is 3.37. The Kier molecular flexibility index (Phi) is 4.69. The predicted molar refractivity (Wildman–Crippen MR) is 77.4 cm³/mol. The number of aromatic nitrogens is 1. The van der Waals surface area contributed by atoms with Crippen LogP contribution in [0, 0.1) is 12.7 Å². The zero-order chi connectivity index (χ0) is 14.5. The summed E-state index contributed by atoms with van der Waals surface area (Å²) in [5.74, 6) is -0.0553. The van der Waals surface area contributed by atoms with Crippen molar-refractivity contribution in [1.29, 1.82) is 0 Å². The van der Waals surface area contributed by atoms with E-state index in [1.165, 1.54) is 13.2 Å². The molecule has 0 radical (unpaired) electrons. The Labute approximate surface area is 118 Å². The Morgan fingerprint density at radius 1 is 1.30 bits per heavy atom. The van der Waals surface area contributed by atoms with Crippen LogP contribution in [-0.4, -0.2) is 19.1 Å². The Bertz CT molecular complexity index is 586. The number of likely N-dealkylation sites (N-methyl/N-ethyl adjacent to an activating group) is 1. The highest BCUT2D eigenvalue weighted by atomic mass is 19.1. The first-order chi connectivity index (χ1) is 9.63. The molecule has 1 atom stereocenters. The van der Waals surface area contributed by atoms with Gasteiger partial charge in [-0.2, -0.15) is 0 Å². The van der Waals surface area contributed by atoms with Gasteiger partial charge in [0.15, 0.2) is 11.6 Å². The maximum absolute atomic E-state index is 13.7. The van der Waals surface area contributed by atoms with Gasteiger partial charge in [0.2, 0.25) is 0 Å². The number of hydrogen-bond acceptors (Lipinski definition) is 3. The van der Waals surface area contributed by atoms with Crippen LogP contribution in [0.2, 0.25) is 0 Å². The number of aryl methyl sites for hydroxylation is 1. The lowest BCUT2D eigenvalue weighted by molar-refractivity contribution is 0.386. The van der Waals surface area contributed by atoms with Crippen LogP contribution >= 0.6 is 0 Å². The van der Waals surface area contributed by atoms with E-state index in [-0.39, 0.29) is 17.6 Å². The molecule has 2 aromatic rings. The van der Waals surface area contributed by atoms with Crippen molar-refractivity contribution in [3.63, 3.8) is 0 Å². The summed E-state index contributed by atoms with van der Waals surface area (Å²) >= 11 is 0. The number of pyridine rings is 1. The molecule has 0 amide bonds. The van der Waals surface area contributed by atoms with Crippen molar-refractivity contribution in [2.75, 3.05) is 14.2 Å². The van der Waals surface area contributed by atoms with Gasteiger partial charge in [-0.25, -0.2) is 4.39 Å². The van der Waals surface area contributed by atoms with Gasteiger partial charge in [-0.3, -0.25) is 4.98 Å². The molecule has 1 unspecified atom stereocenters. The van der Waals surface area contributed by atoms with Crippen molar-refractivity contribution >= 4 is 0 Å². The SMILES string of the molecule is CNC(Cc1ccc(OC)c(F)c1)c1ccnc(C)c1. The van der Waals surface area contributed by atoms with Crippen LogP contribution in [0.3, 0.4) is 0 Å². The van der Waals surface area contributed by atoms with E-state index in [2.05, 4.69) is 10.3 Å². The number of benzene rings is 1. The predicted octanol–water partition coefficient (Wildman–Crippen LogP) is 3.04. The van der Waals surface area contributed by atoms with Gasteiger partial charge in [-0.15, -0.1) is 0 Å². The normalized spacial score (nSPS) is 12.2. The third-order valence-electron chi connectivity index (χ3n) is 3.33.